The third-order valence-electron chi connectivity index (χ3n) is 5.09. The van der Waals surface area contributed by atoms with Gasteiger partial charge in [-0.3, -0.25) is 4.79 Å². The number of aliphatic carboxylic acids is 1. The van der Waals surface area contributed by atoms with E-state index in [1.807, 2.05) is 13.8 Å². The van der Waals surface area contributed by atoms with Gasteiger partial charge in [-0.25, -0.2) is 4.39 Å². The van der Waals surface area contributed by atoms with Gasteiger partial charge in [0, 0.05) is 5.56 Å². The van der Waals surface area contributed by atoms with Gasteiger partial charge < -0.3 is 5.11 Å². The summed E-state index contributed by atoms with van der Waals surface area (Å²) in [6.45, 7) is 3.82. The van der Waals surface area contributed by atoms with Crippen molar-refractivity contribution in [3.05, 3.63) is 83.7 Å². The summed E-state index contributed by atoms with van der Waals surface area (Å²) in [6, 6.07) is 15.7. The molecular formula is C25H22F4O2. The van der Waals surface area contributed by atoms with Gasteiger partial charge in [0.15, 0.2) is 0 Å². The van der Waals surface area contributed by atoms with E-state index in [-0.39, 0.29) is 5.92 Å². The molecule has 0 saturated carbocycles. The fraction of sp³-hybridized carbons (Fsp3) is 0.240. The molecule has 3 aromatic rings. The second-order valence-corrected chi connectivity index (χ2v) is 7.92. The maximum atomic E-state index is 14.5. The smallest absolute Gasteiger partial charge is 0.416 e. The summed E-state index contributed by atoms with van der Waals surface area (Å²) < 4.78 is 53.2. The molecule has 0 aliphatic rings. The molecule has 0 spiro atoms. The van der Waals surface area contributed by atoms with Gasteiger partial charge in [0.2, 0.25) is 0 Å². The number of carboxylic acid groups (broad SMARTS) is 1. The molecule has 1 unspecified atom stereocenters. The fourth-order valence-corrected chi connectivity index (χ4v) is 3.57. The van der Waals surface area contributed by atoms with Crippen LogP contribution in [0, 0.1) is 11.7 Å². The molecule has 0 aliphatic carbocycles. The van der Waals surface area contributed by atoms with Crippen molar-refractivity contribution in [2.24, 2.45) is 5.92 Å². The van der Waals surface area contributed by atoms with Gasteiger partial charge in [0.05, 0.1) is 11.5 Å². The van der Waals surface area contributed by atoms with E-state index in [0.717, 1.165) is 12.1 Å². The maximum Gasteiger partial charge on any atom is 0.416 e. The van der Waals surface area contributed by atoms with E-state index in [1.165, 1.54) is 18.2 Å². The Morgan fingerprint density at radius 1 is 0.903 bits per heavy atom. The van der Waals surface area contributed by atoms with Crippen molar-refractivity contribution in [2.45, 2.75) is 32.4 Å². The minimum Gasteiger partial charge on any atom is -0.481 e. The lowest BCUT2D eigenvalue weighted by atomic mass is 9.86. The van der Waals surface area contributed by atoms with Crippen molar-refractivity contribution in [3.63, 3.8) is 0 Å². The van der Waals surface area contributed by atoms with Crippen LogP contribution in [0.1, 0.15) is 37.3 Å². The van der Waals surface area contributed by atoms with Gasteiger partial charge in [0.1, 0.15) is 5.82 Å². The highest BCUT2D eigenvalue weighted by atomic mass is 19.4. The van der Waals surface area contributed by atoms with Gasteiger partial charge >= 0.3 is 12.1 Å². The van der Waals surface area contributed by atoms with E-state index >= 15 is 0 Å². The second kappa shape index (κ2) is 8.92. The third-order valence-corrected chi connectivity index (χ3v) is 5.09. The van der Waals surface area contributed by atoms with Crippen LogP contribution in [0.15, 0.2) is 66.7 Å². The summed E-state index contributed by atoms with van der Waals surface area (Å²) in [7, 11) is 0. The molecule has 3 aromatic carbocycles. The van der Waals surface area contributed by atoms with Crippen LogP contribution in [0.2, 0.25) is 0 Å². The monoisotopic (exact) mass is 430 g/mol. The molecule has 0 heterocycles. The Labute approximate surface area is 178 Å². The predicted molar refractivity (Wildman–Crippen MR) is 112 cm³/mol. The fourth-order valence-electron chi connectivity index (χ4n) is 3.57. The second-order valence-electron chi connectivity index (χ2n) is 7.92. The summed E-state index contributed by atoms with van der Waals surface area (Å²) in [4.78, 5) is 12.0. The molecule has 0 amide bonds. The average Bonchev–Trinajstić information content (AvgIpc) is 2.71. The van der Waals surface area contributed by atoms with Crippen molar-refractivity contribution < 1.29 is 27.5 Å². The summed E-state index contributed by atoms with van der Waals surface area (Å²) in [6.07, 6.45) is -4.08. The van der Waals surface area contributed by atoms with E-state index in [4.69, 9.17) is 0 Å². The first-order valence-electron chi connectivity index (χ1n) is 9.86. The van der Waals surface area contributed by atoms with E-state index in [1.54, 1.807) is 36.4 Å². The van der Waals surface area contributed by atoms with Crippen LogP contribution in [-0.4, -0.2) is 11.1 Å². The normalized spacial score (nSPS) is 12.7. The average molecular weight is 430 g/mol. The Kier molecular flexibility index (Phi) is 6.48. The van der Waals surface area contributed by atoms with Gasteiger partial charge in [-0.05, 0) is 58.9 Å². The minimum absolute atomic E-state index is 0.104. The van der Waals surface area contributed by atoms with Gasteiger partial charge in [-0.2, -0.15) is 13.2 Å². The van der Waals surface area contributed by atoms with Gasteiger partial charge in [0.25, 0.3) is 0 Å². The van der Waals surface area contributed by atoms with Crippen molar-refractivity contribution in [2.75, 3.05) is 0 Å². The Hall–Kier alpha value is -3.15. The maximum absolute atomic E-state index is 14.5. The van der Waals surface area contributed by atoms with Crippen LogP contribution in [0.25, 0.3) is 22.3 Å². The zero-order valence-electron chi connectivity index (χ0n) is 17.1. The molecule has 0 aliphatic heterocycles. The number of carbonyl (C=O) groups is 1. The van der Waals surface area contributed by atoms with Crippen molar-refractivity contribution >= 4 is 5.97 Å². The van der Waals surface area contributed by atoms with Crippen LogP contribution in [0.4, 0.5) is 17.6 Å². The molecular weight excluding hydrogens is 408 g/mol. The first-order valence-corrected chi connectivity index (χ1v) is 9.86. The minimum atomic E-state index is -4.45. The SMILES string of the molecule is CC(C)CC(C(=O)O)c1cc(-c2ccc(C(F)(F)F)cc2)cc(-c2ccccc2F)c1. The number of hydrogen-bond donors (Lipinski definition) is 1. The number of carboxylic acids is 1. The van der Waals surface area contributed by atoms with Crippen molar-refractivity contribution in [3.8, 4) is 22.3 Å². The lowest BCUT2D eigenvalue weighted by Crippen LogP contribution is -2.14. The predicted octanol–water partition coefficient (Wildman–Crippen LogP) is 7.39. The quantitative estimate of drug-likeness (QED) is 0.414. The Balaban J connectivity index is 2.17. The standard InChI is InChI=1S/C25H22F4O2/c1-15(2)11-22(24(30)31)19-13-17(16-7-9-20(10-8-16)25(27,28)29)12-18(14-19)21-5-3-4-6-23(21)26/h3-10,12-15,22H,11H2,1-2H3,(H,30,31). The van der Waals surface area contributed by atoms with Crippen LogP contribution >= 0.6 is 0 Å². The van der Waals surface area contributed by atoms with Crippen molar-refractivity contribution in [1.82, 2.24) is 0 Å². The lowest BCUT2D eigenvalue weighted by molar-refractivity contribution is -0.139. The molecule has 0 fully saturated rings. The first kappa shape index (κ1) is 22.5. The summed E-state index contributed by atoms with van der Waals surface area (Å²) in [5.41, 5.74) is 1.49. The molecule has 0 aromatic heterocycles. The topological polar surface area (TPSA) is 37.3 Å². The molecule has 0 radical (unpaired) electrons. The van der Waals surface area contributed by atoms with E-state index in [0.29, 0.717) is 34.2 Å². The van der Waals surface area contributed by atoms with Crippen molar-refractivity contribution in [1.29, 1.82) is 0 Å². The van der Waals surface area contributed by atoms with Gasteiger partial charge in [-0.1, -0.05) is 56.3 Å². The molecule has 0 saturated heterocycles. The van der Waals surface area contributed by atoms with E-state index in [9.17, 15) is 27.5 Å². The molecule has 6 heteroatoms. The highest BCUT2D eigenvalue weighted by molar-refractivity contribution is 5.80. The van der Waals surface area contributed by atoms with Crippen LogP contribution in [0.5, 0.6) is 0 Å². The largest absolute Gasteiger partial charge is 0.481 e. The number of alkyl halides is 3. The third kappa shape index (κ3) is 5.32. The Morgan fingerprint density at radius 3 is 2.06 bits per heavy atom. The zero-order valence-corrected chi connectivity index (χ0v) is 17.1. The number of hydrogen-bond acceptors (Lipinski definition) is 1. The van der Waals surface area contributed by atoms with Crippen LogP contribution in [0.3, 0.4) is 0 Å². The molecule has 1 N–H and O–H groups in total. The Morgan fingerprint density at radius 2 is 1.52 bits per heavy atom. The van der Waals surface area contributed by atoms with E-state index < -0.39 is 29.4 Å². The summed E-state index contributed by atoms with van der Waals surface area (Å²) in [5.74, 6) is -2.18. The lowest BCUT2D eigenvalue weighted by Gasteiger charge is -2.18. The van der Waals surface area contributed by atoms with Gasteiger partial charge in [-0.15, -0.1) is 0 Å². The molecule has 31 heavy (non-hydrogen) atoms. The summed E-state index contributed by atoms with van der Waals surface area (Å²) in [5, 5.41) is 9.78. The summed E-state index contributed by atoms with van der Waals surface area (Å²) >= 11 is 0. The molecule has 2 nitrogen and oxygen atoms in total. The van der Waals surface area contributed by atoms with Crippen LogP contribution in [-0.2, 0) is 11.0 Å². The van der Waals surface area contributed by atoms with Crippen LogP contribution < -0.4 is 0 Å². The Bertz CT molecular complexity index is 1070. The first-order chi connectivity index (χ1) is 14.6. The number of rotatable bonds is 6. The molecule has 162 valence electrons. The highest BCUT2D eigenvalue weighted by Crippen LogP contribution is 2.36. The highest BCUT2D eigenvalue weighted by Gasteiger charge is 2.30. The number of benzene rings is 3. The number of halogens is 4. The molecule has 3 rings (SSSR count). The molecule has 1 atom stereocenters. The molecule has 0 bridgehead atoms. The van der Waals surface area contributed by atoms with E-state index in [2.05, 4.69) is 0 Å². The zero-order chi connectivity index (χ0) is 22.8.